The largest absolute Gasteiger partial charge is 0.456 e. The van der Waals surface area contributed by atoms with E-state index in [1.165, 1.54) is 139 Å². The molecule has 7 N–H and O–H groups in total. The van der Waals surface area contributed by atoms with Crippen molar-refractivity contribution in [2.75, 3.05) is 26.6 Å². The summed E-state index contributed by atoms with van der Waals surface area (Å²) >= 11 is 0. The van der Waals surface area contributed by atoms with Crippen molar-refractivity contribution in [1.82, 2.24) is 9.97 Å². The number of hydrogen-bond donors (Lipinski definition) is 7. The van der Waals surface area contributed by atoms with Crippen LogP contribution in [0.1, 0.15) is 49.3 Å². The fourth-order valence-corrected chi connectivity index (χ4v) is 20.2. The summed E-state index contributed by atoms with van der Waals surface area (Å²) in [6.07, 6.45) is 3.12. The number of anilines is 10. The average Bonchev–Trinajstić information content (AvgIpc) is 1.48. The molecule has 0 aliphatic carbocycles. The summed E-state index contributed by atoms with van der Waals surface area (Å²) < 4.78 is 60.8. The Balaban J connectivity index is 0.0000000911. The van der Waals surface area contributed by atoms with Crippen molar-refractivity contribution >= 4 is 159 Å². The molecule has 0 amide bonds. The van der Waals surface area contributed by atoms with Crippen LogP contribution in [0.5, 0.6) is 11.5 Å². The average molecular weight is 1680 g/mol. The van der Waals surface area contributed by atoms with Crippen LogP contribution in [0.25, 0.3) is 76.3 Å². The maximum Gasteiger partial charge on any atom is 0.210 e. The molecule has 0 saturated carbocycles. The van der Waals surface area contributed by atoms with Gasteiger partial charge >= 0.3 is 0 Å². The Hall–Kier alpha value is -16.0. The highest BCUT2D eigenvalue weighted by atomic mass is 32.2. The van der Waals surface area contributed by atoms with Crippen molar-refractivity contribution in [3.05, 3.63) is 457 Å². The first-order valence-electron chi connectivity index (χ1n) is 41.7. The highest BCUT2D eigenvalue weighted by Crippen LogP contribution is 2.44. The van der Waals surface area contributed by atoms with Gasteiger partial charge in [-0.05, 0) is 178 Å². The second kappa shape index (κ2) is 34.1. The van der Waals surface area contributed by atoms with Crippen molar-refractivity contribution < 1.29 is 30.8 Å². The molecule has 27 rings (SSSR count). The van der Waals surface area contributed by atoms with E-state index in [9.17, 15) is 21.6 Å². The van der Waals surface area contributed by atoms with Crippen LogP contribution in [0, 0.1) is 0 Å². The minimum Gasteiger partial charge on any atom is -0.456 e. The Morgan fingerprint density at radius 3 is 1.04 bits per heavy atom. The number of H-pyrrole nitrogens is 2. The van der Waals surface area contributed by atoms with Crippen molar-refractivity contribution in [1.29, 1.82) is 0 Å². The number of carbonyl (C=O) groups is 1. The minimum atomic E-state index is -3.56. The first kappa shape index (κ1) is 78.5. The van der Waals surface area contributed by atoms with Crippen LogP contribution in [0.15, 0.2) is 437 Å². The van der Waals surface area contributed by atoms with E-state index >= 15 is 0 Å². The molecule has 3 aromatic heterocycles. The van der Waals surface area contributed by atoms with Gasteiger partial charge in [-0.1, -0.05) is 273 Å². The number of hydrogen-bond acceptors (Lipinski definition) is 12. The van der Waals surface area contributed by atoms with E-state index in [4.69, 9.17) is 9.15 Å². The highest BCUT2D eigenvalue weighted by Gasteiger charge is 2.34. The van der Waals surface area contributed by atoms with E-state index < -0.39 is 19.7 Å². The van der Waals surface area contributed by atoms with Gasteiger partial charge in [0.25, 0.3) is 0 Å². The number of fused-ring (bicyclic) bond motifs is 23. The van der Waals surface area contributed by atoms with Gasteiger partial charge in [0, 0.05) is 119 Å². The number of rotatable bonds is 0. The predicted molar refractivity (Wildman–Crippen MR) is 513 cm³/mol. The third-order valence-electron chi connectivity index (χ3n) is 23.2. The number of aromatic nitrogens is 2. The number of carbonyl (C=O) groups excluding carboxylic acids is 1. The highest BCUT2D eigenvalue weighted by molar-refractivity contribution is 7.92. The molecule has 6 aliphatic rings. The first-order chi connectivity index (χ1) is 61.9. The quantitative estimate of drug-likeness (QED) is 0.0759. The molecule has 126 heavy (non-hydrogen) atoms. The number of ketones is 1. The van der Waals surface area contributed by atoms with E-state index in [0.29, 0.717) is 21.2 Å². The van der Waals surface area contributed by atoms with E-state index in [2.05, 4.69) is 285 Å². The summed E-state index contributed by atoms with van der Waals surface area (Å²) in [6.45, 7) is 0. The van der Waals surface area contributed by atoms with Gasteiger partial charge in [0.1, 0.15) is 11.2 Å². The number of furan rings is 1. The van der Waals surface area contributed by atoms with Crippen LogP contribution in [0.3, 0.4) is 0 Å². The third-order valence-corrected chi connectivity index (χ3v) is 26.9. The lowest BCUT2D eigenvalue weighted by Gasteiger charge is -2.20. The molecular formula is C110H81N7O7S2. The number of aromatic amines is 2. The van der Waals surface area contributed by atoms with Gasteiger partial charge in [-0.15, -0.1) is 0 Å². The van der Waals surface area contributed by atoms with Crippen LogP contribution in [-0.4, -0.2) is 32.6 Å². The maximum absolute atomic E-state index is 12.3. The Kier molecular flexibility index (Phi) is 21.3. The zero-order valence-electron chi connectivity index (χ0n) is 68.1. The summed E-state index contributed by atoms with van der Waals surface area (Å²) in [7, 11) is -6.92. The Labute approximate surface area is 728 Å². The molecule has 0 saturated heterocycles. The second-order valence-electron chi connectivity index (χ2n) is 31.1. The van der Waals surface area contributed by atoms with Crippen molar-refractivity contribution in [3.63, 3.8) is 0 Å². The number of nitrogens with one attached hydrogen (secondary N) is 7. The molecule has 14 nitrogen and oxygen atoms in total. The number of ether oxygens (including phenoxy) is 1. The molecule has 610 valence electrons. The molecule has 16 heteroatoms. The van der Waals surface area contributed by atoms with Crippen LogP contribution < -0.4 is 31.3 Å². The van der Waals surface area contributed by atoms with E-state index in [-0.39, 0.29) is 26.7 Å². The zero-order chi connectivity index (χ0) is 85.1. The van der Waals surface area contributed by atoms with Gasteiger partial charge in [0.05, 0.1) is 47.8 Å². The molecule has 0 bridgehead atoms. The fraction of sp³-hybridized carbons (Fsp3) is 0.0273. The molecule has 9 heterocycles. The predicted octanol–water partition coefficient (Wildman–Crippen LogP) is 27.9. The van der Waals surface area contributed by atoms with E-state index in [0.717, 1.165) is 58.8 Å². The van der Waals surface area contributed by atoms with Gasteiger partial charge in [-0.2, -0.15) is 0 Å². The minimum absolute atomic E-state index is 0.101. The molecular weight excluding hydrogens is 1600 g/mol. The van der Waals surface area contributed by atoms with Gasteiger partial charge in [0.2, 0.25) is 19.7 Å². The van der Waals surface area contributed by atoms with Crippen molar-refractivity contribution in [3.8, 4) is 11.5 Å². The number of benzene rings is 18. The molecule has 0 radical (unpaired) electrons. The van der Waals surface area contributed by atoms with Crippen LogP contribution in [0.4, 0.5) is 56.9 Å². The summed E-state index contributed by atoms with van der Waals surface area (Å²) in [5.74, 6) is 1.53. The summed E-state index contributed by atoms with van der Waals surface area (Å²) in [5, 5.41) is 26.7. The lowest BCUT2D eigenvalue weighted by Crippen LogP contribution is -2.19. The summed E-state index contributed by atoms with van der Waals surface area (Å²) in [5.41, 5.74) is 26.2. The SMILES string of the molecule is O=C1c2ccccc2S(=O)(=O)c2ccccc21.O=S1(=O)c2ccccc2Nc2ccccc21.c1ccc2c(c1)Cc1ccccc1N2.c1ccc2c(c1)Cc1ccccc1N2.c1ccc2c(c1)Cc1ccccc1N2.c1ccc2c(c1)Nc1ccccc1O2.c1ccc2c(c1)[nH]c1cc3c(cc12)oc1ccccc13.c1ccc2c(c1)ccc1c3ccccc3[nH]c21. The summed E-state index contributed by atoms with van der Waals surface area (Å²) in [4.78, 5) is 20.0. The van der Waals surface area contributed by atoms with E-state index in [1.54, 1.807) is 72.8 Å². The summed E-state index contributed by atoms with van der Waals surface area (Å²) in [6, 6.07) is 135. The lowest BCUT2D eigenvalue weighted by atomic mass is 9.98. The first-order valence-corrected chi connectivity index (χ1v) is 44.6. The third kappa shape index (κ3) is 15.7. The van der Waals surface area contributed by atoms with Crippen LogP contribution >= 0.6 is 0 Å². The van der Waals surface area contributed by atoms with Gasteiger partial charge in [0.15, 0.2) is 17.3 Å². The van der Waals surface area contributed by atoms with Crippen molar-refractivity contribution in [2.24, 2.45) is 0 Å². The zero-order valence-corrected chi connectivity index (χ0v) is 69.7. The molecule has 0 atom stereocenters. The topological polar surface area (TPSA) is 199 Å². The van der Waals surface area contributed by atoms with E-state index in [1.807, 2.05) is 78.9 Å². The van der Waals surface area contributed by atoms with Gasteiger partial charge in [-0.25, -0.2) is 16.8 Å². The van der Waals surface area contributed by atoms with Crippen LogP contribution in [-0.2, 0) is 38.9 Å². The standard InChI is InChI=1S/C18H11NO.C16H11N.3C13H11N.C13H8O3S.C12H9NO2S.C12H9NO/c1-3-7-15-11(5-1)13-10-18-14(9-16(13)19-15)12-6-2-4-8-17(12)20-18;1-2-6-12-11(5-1)9-10-14-13-7-3-4-8-15(13)17-16(12)14;3*1-3-7-12-10(5-1)9-11-6-2-4-8-13(11)14-12;14-13-9-5-1-3-7-11(9)17(15,16)12-8-4-2-6-10(12)13;14-16(15)11-7-3-1-5-9(11)13-10-6-2-4-8-12(10)16;1-3-7-11-9(5-1)13-10-6-2-4-8-12(10)14-11/h1-10,19H;1-10,17H;3*1-8,14H,9H2;1-8H;1-8,13H;1-8,13H. The fourth-order valence-electron chi connectivity index (χ4n) is 17.0. The lowest BCUT2D eigenvalue weighted by molar-refractivity contribution is 0.103. The van der Waals surface area contributed by atoms with Crippen molar-refractivity contribution in [2.45, 2.75) is 38.8 Å². The molecule has 0 spiro atoms. The normalized spacial score (nSPS) is 13.2. The van der Waals surface area contributed by atoms with Crippen LogP contribution in [0.2, 0.25) is 0 Å². The van der Waals surface area contributed by atoms with Gasteiger partial charge < -0.3 is 45.7 Å². The molecule has 0 unspecified atom stereocenters. The maximum atomic E-state index is 12.3. The Morgan fingerprint density at radius 1 is 0.230 bits per heavy atom. The number of sulfone groups is 2. The second-order valence-corrected chi connectivity index (χ2v) is 34.8. The Bertz CT molecular complexity index is 7100. The molecule has 18 aromatic carbocycles. The molecule has 0 fully saturated rings. The van der Waals surface area contributed by atoms with Gasteiger partial charge in [-0.3, -0.25) is 4.79 Å². The smallest absolute Gasteiger partial charge is 0.210 e. The molecule has 21 aromatic rings. The monoisotopic (exact) mass is 1680 g/mol. The molecule has 6 aliphatic heterocycles. The number of para-hydroxylation sites is 15. The Morgan fingerprint density at radius 2 is 0.563 bits per heavy atom.